The van der Waals surface area contributed by atoms with E-state index in [1.54, 1.807) is 48.8 Å². The fraction of sp³-hybridized carbons (Fsp3) is 0.381. The van der Waals surface area contributed by atoms with Crippen LogP contribution in [0.2, 0.25) is 0 Å². The van der Waals surface area contributed by atoms with Crippen molar-refractivity contribution in [1.29, 1.82) is 0 Å². The van der Waals surface area contributed by atoms with Crippen LogP contribution in [-0.2, 0) is 17.5 Å². The Balaban J connectivity index is 1.37. The van der Waals surface area contributed by atoms with Gasteiger partial charge in [0.15, 0.2) is 0 Å². The summed E-state index contributed by atoms with van der Waals surface area (Å²) in [6, 6.07) is 10.2. The van der Waals surface area contributed by atoms with Gasteiger partial charge in [0.25, 0.3) is 0 Å². The van der Waals surface area contributed by atoms with Crippen LogP contribution in [0.5, 0.6) is 0 Å². The summed E-state index contributed by atoms with van der Waals surface area (Å²) in [7, 11) is 0. The first-order chi connectivity index (χ1) is 14.4. The average Bonchev–Trinajstić information content (AvgIpc) is 3.09. The molecule has 1 aliphatic rings. The topological polar surface area (TPSA) is 63.1 Å². The van der Waals surface area contributed by atoms with Gasteiger partial charge in [-0.1, -0.05) is 12.1 Å². The van der Waals surface area contributed by atoms with E-state index in [-0.39, 0.29) is 24.9 Å². The van der Waals surface area contributed by atoms with E-state index in [0.717, 1.165) is 12.8 Å². The predicted molar refractivity (Wildman–Crippen MR) is 107 cm³/mol. The first kappa shape index (κ1) is 20.3. The van der Waals surface area contributed by atoms with Crippen molar-refractivity contribution in [3.8, 4) is 0 Å². The van der Waals surface area contributed by atoms with Gasteiger partial charge >= 0.3 is 6.18 Å². The molecule has 0 bridgehead atoms. The number of rotatable bonds is 5. The third-order valence-corrected chi connectivity index (χ3v) is 5.37. The molecule has 6 nitrogen and oxygen atoms in total. The maximum atomic E-state index is 13.5. The Morgan fingerprint density at radius 3 is 2.60 bits per heavy atom. The Hall–Kier alpha value is -2.94. The Morgan fingerprint density at radius 2 is 1.90 bits per heavy atom. The molecule has 0 saturated carbocycles. The number of pyridine rings is 1. The number of anilines is 1. The van der Waals surface area contributed by atoms with Gasteiger partial charge in [-0.25, -0.2) is 4.98 Å². The largest absolute Gasteiger partial charge is 0.449 e. The van der Waals surface area contributed by atoms with Crippen molar-refractivity contribution in [1.82, 2.24) is 19.4 Å². The summed E-state index contributed by atoms with van der Waals surface area (Å²) in [5, 5.41) is 2.80. The molecule has 3 aromatic rings. The fourth-order valence-electron chi connectivity index (χ4n) is 3.90. The van der Waals surface area contributed by atoms with Crippen molar-refractivity contribution in [3.05, 3.63) is 54.6 Å². The molecule has 1 fully saturated rings. The van der Waals surface area contributed by atoms with Crippen LogP contribution in [-0.4, -0.2) is 45.0 Å². The van der Waals surface area contributed by atoms with Gasteiger partial charge < -0.3 is 9.88 Å². The fourth-order valence-corrected chi connectivity index (χ4v) is 3.90. The summed E-state index contributed by atoms with van der Waals surface area (Å²) >= 11 is 0. The zero-order chi connectivity index (χ0) is 21.1. The number of hydrogen-bond acceptors (Lipinski definition) is 4. The van der Waals surface area contributed by atoms with Gasteiger partial charge in [-0.2, -0.15) is 13.2 Å². The van der Waals surface area contributed by atoms with Crippen molar-refractivity contribution in [2.24, 2.45) is 5.92 Å². The van der Waals surface area contributed by atoms with Crippen molar-refractivity contribution in [3.63, 3.8) is 0 Å². The van der Waals surface area contributed by atoms with Crippen LogP contribution in [0.4, 0.5) is 18.9 Å². The molecule has 0 aliphatic carbocycles. The number of carbonyl (C=O) groups excluding carboxylic acids is 1. The summed E-state index contributed by atoms with van der Waals surface area (Å²) in [6.45, 7) is 1.85. The smallest absolute Gasteiger partial charge is 0.324 e. The van der Waals surface area contributed by atoms with Crippen LogP contribution < -0.4 is 5.32 Å². The normalized spacial score (nSPS) is 16.1. The molecule has 158 valence electrons. The first-order valence-corrected chi connectivity index (χ1v) is 9.85. The van der Waals surface area contributed by atoms with E-state index in [0.29, 0.717) is 29.8 Å². The summed E-state index contributed by atoms with van der Waals surface area (Å²) in [5.41, 5.74) is 1.50. The Labute approximate surface area is 171 Å². The minimum atomic E-state index is -4.50. The maximum absolute atomic E-state index is 13.5. The summed E-state index contributed by atoms with van der Waals surface area (Å²) in [5.74, 6) is -0.871. The molecule has 2 aromatic heterocycles. The molecule has 0 radical (unpaired) electrons. The van der Waals surface area contributed by atoms with Crippen molar-refractivity contribution in [2.75, 3.05) is 25.0 Å². The third kappa shape index (κ3) is 4.62. The monoisotopic (exact) mass is 417 g/mol. The number of imidazole rings is 1. The lowest BCUT2D eigenvalue weighted by molar-refractivity contribution is -0.147. The summed E-state index contributed by atoms with van der Waals surface area (Å²) < 4.78 is 41.8. The Morgan fingerprint density at radius 1 is 1.13 bits per heavy atom. The van der Waals surface area contributed by atoms with E-state index in [1.165, 1.54) is 4.57 Å². The second kappa shape index (κ2) is 8.43. The van der Waals surface area contributed by atoms with E-state index in [2.05, 4.69) is 15.3 Å². The zero-order valence-corrected chi connectivity index (χ0v) is 16.3. The molecule has 1 N–H and O–H groups in total. The average molecular weight is 417 g/mol. The number of amides is 1. The molecular formula is C21H22F3N5O. The molecule has 0 unspecified atom stereocenters. The lowest BCUT2D eigenvalue weighted by Gasteiger charge is -2.32. The number of likely N-dealkylation sites (tertiary alicyclic amines) is 1. The maximum Gasteiger partial charge on any atom is 0.449 e. The number of piperidine rings is 1. The number of carbonyl (C=O) groups is 1. The predicted octanol–water partition coefficient (Wildman–Crippen LogP) is 3.80. The first-order valence-electron chi connectivity index (χ1n) is 9.85. The highest BCUT2D eigenvalue weighted by Crippen LogP contribution is 2.33. The van der Waals surface area contributed by atoms with Crippen molar-refractivity contribution >= 4 is 22.6 Å². The minimum Gasteiger partial charge on any atom is -0.324 e. The molecule has 0 atom stereocenters. The van der Waals surface area contributed by atoms with Crippen LogP contribution in [0.1, 0.15) is 18.7 Å². The Bertz CT molecular complexity index is 1010. The van der Waals surface area contributed by atoms with Gasteiger partial charge in [-0.3, -0.25) is 14.7 Å². The lowest BCUT2D eigenvalue weighted by Crippen LogP contribution is -2.40. The van der Waals surface area contributed by atoms with Crippen LogP contribution >= 0.6 is 0 Å². The number of fused-ring (bicyclic) bond motifs is 1. The van der Waals surface area contributed by atoms with E-state index in [4.69, 9.17) is 0 Å². The third-order valence-electron chi connectivity index (χ3n) is 5.37. The van der Waals surface area contributed by atoms with Gasteiger partial charge in [-0.05, 0) is 56.1 Å². The molecule has 3 heterocycles. The van der Waals surface area contributed by atoms with Crippen molar-refractivity contribution in [2.45, 2.75) is 25.6 Å². The van der Waals surface area contributed by atoms with Gasteiger partial charge in [0.1, 0.15) is 0 Å². The van der Waals surface area contributed by atoms with Crippen LogP contribution in [0.25, 0.3) is 11.0 Å². The highest BCUT2D eigenvalue weighted by atomic mass is 19.4. The molecule has 4 rings (SSSR count). The number of alkyl halides is 3. The van der Waals surface area contributed by atoms with Crippen LogP contribution in [0.3, 0.4) is 0 Å². The number of hydrogen-bond donors (Lipinski definition) is 1. The molecule has 1 amide bonds. The molecule has 0 spiro atoms. The quantitative estimate of drug-likeness (QED) is 0.686. The molecular weight excluding hydrogens is 395 g/mol. The number of benzene rings is 1. The number of nitrogens with one attached hydrogen (secondary N) is 1. The second-order valence-corrected chi connectivity index (χ2v) is 7.54. The molecule has 1 saturated heterocycles. The standard InChI is InChI=1S/C21H22F3N5O/c22-21(23,24)20-27-17-5-1-2-6-18(17)29(20)13-15-7-10-28(11-8-15)14-19(30)26-16-4-3-9-25-12-16/h1-6,9,12,15H,7-8,10-11,13-14H2,(H,26,30). The van der Waals surface area contributed by atoms with E-state index in [1.807, 2.05) is 4.90 Å². The van der Waals surface area contributed by atoms with Gasteiger partial charge in [0.2, 0.25) is 11.7 Å². The highest BCUT2D eigenvalue weighted by molar-refractivity contribution is 5.92. The van der Waals surface area contributed by atoms with Gasteiger partial charge in [0.05, 0.1) is 29.5 Å². The zero-order valence-electron chi connectivity index (χ0n) is 16.3. The molecule has 1 aromatic carbocycles. The van der Waals surface area contributed by atoms with Crippen molar-refractivity contribution < 1.29 is 18.0 Å². The highest BCUT2D eigenvalue weighted by Gasteiger charge is 2.38. The molecule has 1 aliphatic heterocycles. The molecule has 30 heavy (non-hydrogen) atoms. The summed E-state index contributed by atoms with van der Waals surface area (Å²) in [6.07, 6.45) is 0.171. The second-order valence-electron chi connectivity index (χ2n) is 7.54. The number of aromatic nitrogens is 3. The van der Waals surface area contributed by atoms with E-state index < -0.39 is 12.0 Å². The Kier molecular flexibility index (Phi) is 5.72. The number of halogens is 3. The van der Waals surface area contributed by atoms with Gasteiger partial charge in [0, 0.05) is 12.7 Å². The van der Waals surface area contributed by atoms with E-state index in [9.17, 15) is 18.0 Å². The summed E-state index contributed by atoms with van der Waals surface area (Å²) in [4.78, 5) is 22.0. The number of nitrogens with zero attached hydrogens (tertiary/aromatic N) is 4. The van der Waals surface area contributed by atoms with Crippen LogP contribution in [0, 0.1) is 5.92 Å². The lowest BCUT2D eigenvalue weighted by atomic mass is 9.96. The van der Waals surface area contributed by atoms with E-state index >= 15 is 0 Å². The SMILES string of the molecule is O=C(CN1CCC(Cn2c(C(F)(F)F)nc3ccccc32)CC1)Nc1cccnc1. The minimum absolute atomic E-state index is 0.0985. The molecule has 9 heteroatoms. The van der Waals surface area contributed by atoms with Crippen LogP contribution in [0.15, 0.2) is 48.8 Å². The van der Waals surface area contributed by atoms with Gasteiger partial charge in [-0.15, -0.1) is 0 Å². The number of para-hydroxylation sites is 2.